The van der Waals surface area contributed by atoms with E-state index in [1.165, 1.54) is 0 Å². The SMILES string of the molecule is NC(=O)CCC(NC(=O)C(CC(=O)O)NC(=O)C(CC(=O)O)NC(=O)C1CCCN1)C(=O)O. The minimum absolute atomic E-state index is 0.379. The van der Waals surface area contributed by atoms with Gasteiger partial charge in [0.2, 0.25) is 23.6 Å². The van der Waals surface area contributed by atoms with E-state index in [9.17, 15) is 38.7 Å². The fourth-order valence-electron chi connectivity index (χ4n) is 3.04. The van der Waals surface area contributed by atoms with E-state index in [2.05, 4.69) is 10.6 Å². The lowest BCUT2D eigenvalue weighted by molar-refractivity contribution is -0.145. The highest BCUT2D eigenvalue weighted by molar-refractivity contribution is 5.97. The van der Waals surface area contributed by atoms with Crippen molar-refractivity contribution in [2.75, 3.05) is 6.54 Å². The summed E-state index contributed by atoms with van der Waals surface area (Å²) in [5.74, 6) is -8.28. The zero-order valence-corrected chi connectivity index (χ0v) is 17.5. The van der Waals surface area contributed by atoms with Gasteiger partial charge in [0.15, 0.2) is 0 Å². The van der Waals surface area contributed by atoms with Crippen LogP contribution in [-0.4, -0.2) is 87.6 Å². The molecule has 1 saturated heterocycles. The molecule has 0 saturated carbocycles. The first-order chi connectivity index (χ1) is 15.4. The lowest BCUT2D eigenvalue weighted by Gasteiger charge is -2.24. The number of nitrogens with two attached hydrogens (primary N) is 1. The molecule has 0 spiro atoms. The predicted molar refractivity (Wildman–Crippen MR) is 107 cm³/mol. The summed E-state index contributed by atoms with van der Waals surface area (Å²) in [6.45, 7) is 0.565. The molecule has 184 valence electrons. The zero-order chi connectivity index (χ0) is 25.1. The van der Waals surface area contributed by atoms with Gasteiger partial charge >= 0.3 is 17.9 Å². The Kier molecular flexibility index (Phi) is 10.7. The first-order valence-electron chi connectivity index (χ1n) is 9.99. The van der Waals surface area contributed by atoms with Crippen molar-refractivity contribution in [2.24, 2.45) is 5.73 Å². The molecule has 0 aliphatic carbocycles. The third kappa shape index (κ3) is 9.94. The first kappa shape index (κ1) is 27.3. The topological polar surface area (TPSA) is 254 Å². The Morgan fingerprint density at radius 2 is 1.36 bits per heavy atom. The van der Waals surface area contributed by atoms with Crippen LogP contribution < -0.4 is 27.0 Å². The molecule has 15 heteroatoms. The van der Waals surface area contributed by atoms with Crippen molar-refractivity contribution in [3.8, 4) is 0 Å². The van der Waals surface area contributed by atoms with Gasteiger partial charge in [0.1, 0.15) is 18.1 Å². The van der Waals surface area contributed by atoms with Crippen molar-refractivity contribution in [3.05, 3.63) is 0 Å². The molecule has 15 nitrogen and oxygen atoms in total. The van der Waals surface area contributed by atoms with Crippen LogP contribution in [0.3, 0.4) is 0 Å². The van der Waals surface area contributed by atoms with Crippen LogP contribution in [0.4, 0.5) is 0 Å². The summed E-state index contributed by atoms with van der Waals surface area (Å²) in [5, 5.41) is 36.5. The molecule has 0 bridgehead atoms. The van der Waals surface area contributed by atoms with Gasteiger partial charge in [-0.05, 0) is 25.8 Å². The van der Waals surface area contributed by atoms with Gasteiger partial charge in [-0.1, -0.05) is 0 Å². The molecule has 4 amide bonds. The van der Waals surface area contributed by atoms with E-state index in [4.69, 9.17) is 15.9 Å². The lowest BCUT2D eigenvalue weighted by Crippen LogP contribution is -2.57. The molecule has 1 heterocycles. The quantitative estimate of drug-likeness (QED) is 0.123. The normalized spacial score (nSPS) is 17.8. The maximum Gasteiger partial charge on any atom is 0.326 e. The number of carboxylic acids is 3. The van der Waals surface area contributed by atoms with E-state index in [1.807, 2.05) is 10.6 Å². The smallest absolute Gasteiger partial charge is 0.326 e. The van der Waals surface area contributed by atoms with Crippen molar-refractivity contribution in [2.45, 2.75) is 62.7 Å². The number of carbonyl (C=O) groups excluding carboxylic acids is 4. The molecular weight excluding hydrogens is 446 g/mol. The minimum Gasteiger partial charge on any atom is -0.481 e. The molecule has 0 aromatic rings. The molecule has 4 unspecified atom stereocenters. The summed E-state index contributed by atoms with van der Waals surface area (Å²) in [7, 11) is 0. The zero-order valence-electron chi connectivity index (χ0n) is 17.5. The number of hydrogen-bond acceptors (Lipinski definition) is 8. The minimum atomic E-state index is -1.79. The highest BCUT2D eigenvalue weighted by Crippen LogP contribution is 2.07. The number of carboxylic acid groups (broad SMARTS) is 3. The first-order valence-corrected chi connectivity index (χ1v) is 9.99. The second-order valence-electron chi connectivity index (χ2n) is 7.37. The van der Waals surface area contributed by atoms with Crippen LogP contribution >= 0.6 is 0 Å². The predicted octanol–water partition coefficient (Wildman–Crippen LogP) is -3.51. The van der Waals surface area contributed by atoms with E-state index < -0.39 is 78.5 Å². The highest BCUT2D eigenvalue weighted by atomic mass is 16.4. The average molecular weight is 473 g/mol. The van der Waals surface area contributed by atoms with Crippen LogP contribution in [0, 0.1) is 0 Å². The summed E-state index contributed by atoms with van der Waals surface area (Å²) in [6, 6.07) is -5.63. The largest absolute Gasteiger partial charge is 0.481 e. The number of nitrogens with one attached hydrogen (secondary N) is 4. The summed E-state index contributed by atoms with van der Waals surface area (Å²) >= 11 is 0. The summed E-state index contributed by atoms with van der Waals surface area (Å²) < 4.78 is 0. The van der Waals surface area contributed by atoms with Gasteiger partial charge in [-0.3, -0.25) is 28.8 Å². The number of primary amides is 1. The van der Waals surface area contributed by atoms with E-state index in [0.717, 1.165) is 0 Å². The Morgan fingerprint density at radius 3 is 1.79 bits per heavy atom. The van der Waals surface area contributed by atoms with Gasteiger partial charge in [0, 0.05) is 6.42 Å². The van der Waals surface area contributed by atoms with Gasteiger partial charge in [0.05, 0.1) is 18.9 Å². The molecule has 33 heavy (non-hydrogen) atoms. The van der Waals surface area contributed by atoms with Crippen LogP contribution in [0.15, 0.2) is 0 Å². The second kappa shape index (κ2) is 12.9. The molecule has 0 radical (unpaired) electrons. The van der Waals surface area contributed by atoms with E-state index >= 15 is 0 Å². The van der Waals surface area contributed by atoms with Gasteiger partial charge in [-0.2, -0.15) is 0 Å². The molecule has 0 aromatic heterocycles. The van der Waals surface area contributed by atoms with Gasteiger partial charge in [0.25, 0.3) is 0 Å². The van der Waals surface area contributed by atoms with Gasteiger partial charge < -0.3 is 42.3 Å². The summed E-state index contributed by atoms with van der Waals surface area (Å²) in [6.07, 6.45) is -1.39. The van der Waals surface area contributed by atoms with Crippen LogP contribution in [0.25, 0.3) is 0 Å². The summed E-state index contributed by atoms with van der Waals surface area (Å²) in [5.41, 5.74) is 4.96. The third-order valence-electron chi connectivity index (χ3n) is 4.69. The molecule has 9 N–H and O–H groups in total. The molecule has 1 rings (SSSR count). The molecule has 1 aliphatic rings. The Labute approximate surface area is 187 Å². The monoisotopic (exact) mass is 473 g/mol. The third-order valence-corrected chi connectivity index (χ3v) is 4.69. The molecule has 4 atom stereocenters. The maximum atomic E-state index is 12.6. The van der Waals surface area contributed by atoms with E-state index in [-0.39, 0.29) is 12.8 Å². The number of amides is 4. The van der Waals surface area contributed by atoms with Crippen molar-refractivity contribution in [1.29, 1.82) is 0 Å². The molecule has 0 aromatic carbocycles. The van der Waals surface area contributed by atoms with E-state index in [0.29, 0.717) is 19.4 Å². The maximum absolute atomic E-state index is 12.6. The molecule has 1 aliphatic heterocycles. The Balaban J connectivity index is 2.93. The Bertz CT molecular complexity index is 795. The van der Waals surface area contributed by atoms with Crippen molar-refractivity contribution >= 4 is 41.5 Å². The average Bonchev–Trinajstić information content (AvgIpc) is 3.23. The van der Waals surface area contributed by atoms with Gasteiger partial charge in [-0.25, -0.2) is 4.79 Å². The van der Waals surface area contributed by atoms with Gasteiger partial charge in [-0.15, -0.1) is 0 Å². The van der Waals surface area contributed by atoms with Crippen LogP contribution in [0.1, 0.15) is 38.5 Å². The second-order valence-corrected chi connectivity index (χ2v) is 7.37. The number of hydrogen-bond donors (Lipinski definition) is 8. The number of rotatable bonds is 14. The molecular formula is C18H27N5O10. The van der Waals surface area contributed by atoms with E-state index in [1.54, 1.807) is 0 Å². The standard InChI is InChI=1S/C18H27N5O10/c19-12(24)4-3-9(18(32)33)21-16(30)10(6-13(25)26)23-17(31)11(7-14(27)28)22-15(29)8-2-1-5-20-8/h8-11,20H,1-7H2,(H2,19,24)(H,21,30)(H,22,29)(H,23,31)(H,25,26)(H,27,28)(H,32,33). The van der Waals surface area contributed by atoms with Crippen molar-refractivity contribution in [1.82, 2.24) is 21.3 Å². The fraction of sp³-hybridized carbons (Fsp3) is 0.611. The van der Waals surface area contributed by atoms with Crippen molar-refractivity contribution in [3.63, 3.8) is 0 Å². The van der Waals surface area contributed by atoms with Crippen LogP contribution in [0.5, 0.6) is 0 Å². The number of carbonyl (C=O) groups is 7. The Morgan fingerprint density at radius 1 is 0.848 bits per heavy atom. The lowest BCUT2D eigenvalue weighted by atomic mass is 10.1. The highest BCUT2D eigenvalue weighted by Gasteiger charge is 2.33. The number of aliphatic carboxylic acids is 3. The van der Waals surface area contributed by atoms with Crippen LogP contribution in [-0.2, 0) is 33.6 Å². The Hall–Kier alpha value is -3.75. The summed E-state index contributed by atoms with van der Waals surface area (Å²) in [4.78, 5) is 81.8. The van der Waals surface area contributed by atoms with Crippen molar-refractivity contribution < 1.29 is 48.9 Å². The van der Waals surface area contributed by atoms with Crippen LogP contribution in [0.2, 0.25) is 0 Å². The fourth-order valence-corrected chi connectivity index (χ4v) is 3.04. The molecule has 1 fully saturated rings.